The highest BCUT2D eigenvalue weighted by Crippen LogP contribution is 2.49. The zero-order valence-electron chi connectivity index (χ0n) is 23.8. The SMILES string of the molecule is COc1ccc(OC)c([C@H]2C(C(=O)OC3CCCC3)=C(C)NC3=C2C(=O)C[C@H](c2ccc(OC)c(OC)c2)C3)c1. The molecule has 2 aromatic rings. The number of carbonyl (C=O) groups is 2. The van der Waals surface area contributed by atoms with Crippen LogP contribution >= 0.6 is 0 Å². The lowest BCUT2D eigenvalue weighted by Crippen LogP contribution is -2.36. The van der Waals surface area contributed by atoms with Crippen molar-refractivity contribution in [3.63, 3.8) is 0 Å². The van der Waals surface area contributed by atoms with Crippen LogP contribution in [0.15, 0.2) is 58.9 Å². The van der Waals surface area contributed by atoms with Crippen molar-refractivity contribution in [1.29, 1.82) is 0 Å². The van der Waals surface area contributed by atoms with Crippen LogP contribution in [0.25, 0.3) is 0 Å². The smallest absolute Gasteiger partial charge is 0.337 e. The Morgan fingerprint density at radius 2 is 1.55 bits per heavy atom. The van der Waals surface area contributed by atoms with Crippen molar-refractivity contribution < 1.29 is 33.3 Å². The van der Waals surface area contributed by atoms with Crippen LogP contribution in [0.3, 0.4) is 0 Å². The second-order valence-electron chi connectivity index (χ2n) is 10.6. The molecule has 2 atom stereocenters. The Kier molecular flexibility index (Phi) is 8.05. The van der Waals surface area contributed by atoms with Crippen LogP contribution < -0.4 is 24.3 Å². The summed E-state index contributed by atoms with van der Waals surface area (Å²) >= 11 is 0. The lowest BCUT2D eigenvalue weighted by atomic mass is 9.71. The summed E-state index contributed by atoms with van der Waals surface area (Å²) in [7, 11) is 6.38. The average molecular weight is 548 g/mol. The highest BCUT2D eigenvalue weighted by Gasteiger charge is 2.43. The Balaban J connectivity index is 1.59. The third-order valence-corrected chi connectivity index (χ3v) is 8.25. The molecule has 1 heterocycles. The molecule has 1 saturated carbocycles. The summed E-state index contributed by atoms with van der Waals surface area (Å²) in [5.74, 6) is 1.32. The summed E-state index contributed by atoms with van der Waals surface area (Å²) in [6, 6.07) is 11.2. The molecule has 3 aliphatic rings. The van der Waals surface area contributed by atoms with Gasteiger partial charge in [0.15, 0.2) is 17.3 Å². The van der Waals surface area contributed by atoms with Gasteiger partial charge >= 0.3 is 5.97 Å². The van der Waals surface area contributed by atoms with Gasteiger partial charge in [0.2, 0.25) is 0 Å². The Labute approximate surface area is 235 Å². The molecule has 0 aromatic heterocycles. The molecule has 40 heavy (non-hydrogen) atoms. The number of allylic oxidation sites excluding steroid dienone is 3. The molecule has 0 bridgehead atoms. The highest BCUT2D eigenvalue weighted by atomic mass is 16.5. The minimum absolute atomic E-state index is 0.0259. The molecule has 0 spiro atoms. The van der Waals surface area contributed by atoms with Crippen molar-refractivity contribution in [2.45, 2.75) is 63.4 Å². The maximum Gasteiger partial charge on any atom is 0.337 e. The second kappa shape index (κ2) is 11.7. The average Bonchev–Trinajstić information content (AvgIpc) is 3.48. The van der Waals surface area contributed by atoms with Gasteiger partial charge in [-0.3, -0.25) is 4.79 Å². The van der Waals surface area contributed by atoms with E-state index in [0.717, 1.165) is 36.9 Å². The first-order chi connectivity index (χ1) is 19.4. The van der Waals surface area contributed by atoms with E-state index in [-0.39, 0.29) is 17.8 Å². The van der Waals surface area contributed by atoms with Crippen LogP contribution in [0.1, 0.15) is 68.4 Å². The van der Waals surface area contributed by atoms with Crippen LogP contribution in [-0.2, 0) is 14.3 Å². The molecule has 1 N–H and O–H groups in total. The molecule has 212 valence electrons. The van der Waals surface area contributed by atoms with Crippen molar-refractivity contribution in [1.82, 2.24) is 5.32 Å². The number of ketones is 1. The molecule has 0 radical (unpaired) electrons. The number of ether oxygens (including phenoxy) is 5. The van der Waals surface area contributed by atoms with Gasteiger partial charge < -0.3 is 29.0 Å². The third kappa shape index (κ3) is 5.15. The van der Waals surface area contributed by atoms with E-state index in [1.54, 1.807) is 28.4 Å². The molecule has 5 rings (SSSR count). The monoisotopic (exact) mass is 547 g/mol. The van der Waals surface area contributed by atoms with Crippen LogP contribution in [0.2, 0.25) is 0 Å². The number of dihydropyridines is 1. The van der Waals surface area contributed by atoms with Crippen molar-refractivity contribution in [3.8, 4) is 23.0 Å². The van der Waals surface area contributed by atoms with Crippen LogP contribution in [0.5, 0.6) is 23.0 Å². The molecule has 8 heteroatoms. The van der Waals surface area contributed by atoms with E-state index < -0.39 is 11.9 Å². The molecular formula is C32H37NO7. The van der Waals surface area contributed by atoms with E-state index in [2.05, 4.69) is 5.32 Å². The summed E-state index contributed by atoms with van der Waals surface area (Å²) < 4.78 is 28.2. The van der Waals surface area contributed by atoms with Crippen molar-refractivity contribution in [3.05, 3.63) is 70.1 Å². The van der Waals surface area contributed by atoms with Crippen molar-refractivity contribution in [2.75, 3.05) is 28.4 Å². The van der Waals surface area contributed by atoms with E-state index in [9.17, 15) is 9.59 Å². The number of Topliss-reactive ketones (excluding diaryl/α,β-unsaturated/α-hetero) is 1. The molecule has 0 unspecified atom stereocenters. The second-order valence-corrected chi connectivity index (χ2v) is 10.6. The van der Waals surface area contributed by atoms with Crippen molar-refractivity contribution in [2.24, 2.45) is 0 Å². The predicted molar refractivity (Wildman–Crippen MR) is 150 cm³/mol. The van der Waals surface area contributed by atoms with Gasteiger partial charge in [-0.15, -0.1) is 0 Å². The lowest BCUT2D eigenvalue weighted by Gasteiger charge is -2.37. The molecular weight excluding hydrogens is 510 g/mol. The van der Waals surface area contributed by atoms with Gasteiger partial charge in [0.1, 0.15) is 17.6 Å². The number of benzene rings is 2. The molecule has 2 aromatic carbocycles. The molecule has 2 aliphatic carbocycles. The van der Waals surface area contributed by atoms with Gasteiger partial charge in [-0.25, -0.2) is 4.79 Å². The van der Waals surface area contributed by atoms with E-state index in [0.29, 0.717) is 58.2 Å². The van der Waals surface area contributed by atoms with Crippen molar-refractivity contribution >= 4 is 11.8 Å². The normalized spacial score (nSPS) is 21.1. The van der Waals surface area contributed by atoms with Crippen LogP contribution in [-0.4, -0.2) is 46.3 Å². The minimum atomic E-state index is -0.644. The molecule has 8 nitrogen and oxygen atoms in total. The van der Waals surface area contributed by atoms with E-state index in [1.807, 2.05) is 43.3 Å². The number of rotatable bonds is 8. The molecule has 0 saturated heterocycles. The maximum atomic E-state index is 14.0. The number of methoxy groups -OCH3 is 4. The summed E-state index contributed by atoms with van der Waals surface area (Å²) in [5.41, 5.74) is 4.19. The minimum Gasteiger partial charge on any atom is -0.497 e. The third-order valence-electron chi connectivity index (χ3n) is 8.25. The Hall–Kier alpha value is -3.94. The first kappa shape index (κ1) is 27.6. The summed E-state index contributed by atoms with van der Waals surface area (Å²) in [5, 5.41) is 3.43. The first-order valence-electron chi connectivity index (χ1n) is 13.8. The molecule has 0 amide bonds. The van der Waals surface area contributed by atoms with Gasteiger partial charge in [-0.2, -0.15) is 0 Å². The summed E-state index contributed by atoms with van der Waals surface area (Å²) in [6.07, 6.45) is 4.61. The van der Waals surface area contributed by atoms with Gasteiger partial charge in [-0.1, -0.05) is 6.07 Å². The number of carbonyl (C=O) groups excluding carboxylic acids is 2. The van der Waals surface area contributed by atoms with E-state index >= 15 is 0 Å². The fourth-order valence-corrected chi connectivity index (χ4v) is 6.25. The standard InChI is InChI=1S/C32H37NO7/c1-18-29(32(35)40-21-8-6-7-9-21)30(23-17-22(36-2)11-13-26(23)37-3)31-24(33-18)14-20(15-25(31)34)19-10-12-27(38-4)28(16-19)39-5/h10-13,16-17,20-21,30,33H,6-9,14-15H2,1-5H3/t20-,30+/m1/s1. The highest BCUT2D eigenvalue weighted by molar-refractivity contribution is 6.04. The predicted octanol–water partition coefficient (Wildman–Crippen LogP) is 5.57. The zero-order valence-corrected chi connectivity index (χ0v) is 23.8. The maximum absolute atomic E-state index is 14.0. The number of nitrogens with one attached hydrogen (secondary N) is 1. The number of hydrogen-bond acceptors (Lipinski definition) is 8. The quantitative estimate of drug-likeness (QED) is 0.429. The Morgan fingerprint density at radius 1 is 0.850 bits per heavy atom. The van der Waals surface area contributed by atoms with Crippen LogP contribution in [0, 0.1) is 0 Å². The lowest BCUT2D eigenvalue weighted by molar-refractivity contribution is -0.144. The Bertz CT molecular complexity index is 1370. The molecule has 1 fully saturated rings. The van der Waals surface area contributed by atoms with Gasteiger partial charge in [-0.05, 0) is 80.8 Å². The van der Waals surface area contributed by atoms with Gasteiger partial charge in [0.05, 0.1) is 39.9 Å². The first-order valence-corrected chi connectivity index (χ1v) is 13.8. The van der Waals surface area contributed by atoms with Gasteiger partial charge in [0.25, 0.3) is 0 Å². The van der Waals surface area contributed by atoms with Crippen LogP contribution in [0.4, 0.5) is 0 Å². The van der Waals surface area contributed by atoms with Gasteiger partial charge in [0, 0.05) is 29.0 Å². The van der Waals surface area contributed by atoms with E-state index in [4.69, 9.17) is 23.7 Å². The number of hydrogen-bond donors (Lipinski definition) is 1. The van der Waals surface area contributed by atoms with E-state index in [1.165, 1.54) is 0 Å². The number of esters is 1. The summed E-state index contributed by atoms with van der Waals surface area (Å²) in [6.45, 7) is 1.87. The Morgan fingerprint density at radius 3 is 2.23 bits per heavy atom. The topological polar surface area (TPSA) is 92.3 Å². The summed E-state index contributed by atoms with van der Waals surface area (Å²) in [4.78, 5) is 27.8. The largest absolute Gasteiger partial charge is 0.497 e. The fourth-order valence-electron chi connectivity index (χ4n) is 6.25. The zero-order chi connectivity index (χ0) is 28.4. The fraction of sp³-hybridized carbons (Fsp3) is 0.438. The molecule has 1 aliphatic heterocycles.